The molecule has 0 N–H and O–H groups in total. The number of halogens is 2. The van der Waals surface area contributed by atoms with Gasteiger partial charge in [-0.3, -0.25) is 0 Å². The van der Waals surface area contributed by atoms with Gasteiger partial charge in [0, 0.05) is 0 Å². The molecule has 0 amide bonds. The van der Waals surface area contributed by atoms with Crippen molar-refractivity contribution in [3.63, 3.8) is 0 Å². The number of unbranched alkanes of at least 4 members (excludes halogenated alkanes) is 3. The van der Waals surface area contributed by atoms with Crippen molar-refractivity contribution in [2.45, 2.75) is 90.4 Å². The van der Waals surface area contributed by atoms with E-state index in [-0.39, 0.29) is 10.8 Å². The van der Waals surface area contributed by atoms with Crippen molar-refractivity contribution in [1.82, 2.24) is 0 Å². The molecule has 0 bridgehead atoms. The number of rotatable bonds is 12. The first-order valence-corrected chi connectivity index (χ1v) is 14.6. The summed E-state index contributed by atoms with van der Waals surface area (Å²) in [6.07, 6.45) is 17.1. The van der Waals surface area contributed by atoms with Gasteiger partial charge in [-0.05, 0) is 90.3 Å². The summed E-state index contributed by atoms with van der Waals surface area (Å²) in [5.41, 5.74) is 6.31. The molecule has 0 aromatic heterocycles. The second kappa shape index (κ2) is 14.0. The standard InChI is InChI=1S/C34H42ClF/c1-2-3-4-5-6-26-7-9-27(10-8-26)11-12-28-13-15-29(16-14-28)17-18-30-19-21-31(22-20-30)32-23-24-33(35)34(36)25-32/h7-10,19-25,28-29H,2-6,11-18H2,1H3/t28-,29-. The highest BCUT2D eigenvalue weighted by Crippen LogP contribution is 2.34. The molecule has 3 aromatic rings. The highest BCUT2D eigenvalue weighted by atomic mass is 35.5. The summed E-state index contributed by atoms with van der Waals surface area (Å²) in [6, 6.07) is 23.1. The van der Waals surface area contributed by atoms with Crippen molar-refractivity contribution in [2.75, 3.05) is 0 Å². The molecule has 1 aliphatic rings. The monoisotopic (exact) mass is 504 g/mol. The van der Waals surface area contributed by atoms with E-state index >= 15 is 0 Å². The Hall–Kier alpha value is -2.12. The third-order valence-electron chi connectivity index (χ3n) is 8.20. The molecule has 36 heavy (non-hydrogen) atoms. The van der Waals surface area contributed by atoms with Crippen molar-refractivity contribution in [2.24, 2.45) is 11.8 Å². The molecule has 2 heteroatoms. The van der Waals surface area contributed by atoms with Gasteiger partial charge in [0.1, 0.15) is 5.82 Å². The number of hydrogen-bond donors (Lipinski definition) is 0. The first-order valence-electron chi connectivity index (χ1n) is 14.2. The summed E-state index contributed by atoms with van der Waals surface area (Å²) in [4.78, 5) is 0. The second-order valence-corrected chi connectivity index (χ2v) is 11.3. The third-order valence-corrected chi connectivity index (χ3v) is 8.50. The fraction of sp³-hybridized carbons (Fsp3) is 0.471. The Morgan fingerprint density at radius 3 is 1.67 bits per heavy atom. The molecule has 3 aromatic carbocycles. The largest absolute Gasteiger partial charge is 0.205 e. The van der Waals surface area contributed by atoms with Crippen LogP contribution in [0.4, 0.5) is 4.39 Å². The maximum Gasteiger partial charge on any atom is 0.142 e. The Kier molecular flexibility index (Phi) is 10.5. The van der Waals surface area contributed by atoms with Crippen molar-refractivity contribution >= 4 is 11.6 Å². The minimum Gasteiger partial charge on any atom is -0.205 e. The van der Waals surface area contributed by atoms with E-state index in [1.807, 2.05) is 6.07 Å². The highest BCUT2D eigenvalue weighted by Gasteiger charge is 2.21. The average Bonchev–Trinajstić information content (AvgIpc) is 2.92. The van der Waals surface area contributed by atoms with E-state index in [9.17, 15) is 4.39 Å². The predicted molar refractivity (Wildman–Crippen MR) is 153 cm³/mol. The topological polar surface area (TPSA) is 0 Å². The molecule has 1 aliphatic carbocycles. The van der Waals surface area contributed by atoms with Gasteiger partial charge in [-0.25, -0.2) is 4.39 Å². The van der Waals surface area contributed by atoms with Gasteiger partial charge in [0.2, 0.25) is 0 Å². The Balaban J connectivity index is 1.14. The molecule has 0 radical (unpaired) electrons. The van der Waals surface area contributed by atoms with E-state index in [4.69, 9.17) is 11.6 Å². The van der Waals surface area contributed by atoms with E-state index in [1.165, 1.54) is 99.8 Å². The Labute approximate surface area is 223 Å². The predicted octanol–water partition coefficient (Wildman–Crippen LogP) is 10.6. The maximum atomic E-state index is 13.8. The van der Waals surface area contributed by atoms with Crippen molar-refractivity contribution < 1.29 is 4.39 Å². The minimum absolute atomic E-state index is 0.173. The second-order valence-electron chi connectivity index (χ2n) is 10.9. The van der Waals surface area contributed by atoms with Crippen LogP contribution in [0.2, 0.25) is 5.02 Å². The summed E-state index contributed by atoms with van der Waals surface area (Å²) < 4.78 is 13.8. The van der Waals surface area contributed by atoms with Crippen molar-refractivity contribution in [3.05, 3.63) is 94.3 Å². The van der Waals surface area contributed by atoms with Gasteiger partial charge in [0.25, 0.3) is 0 Å². The summed E-state index contributed by atoms with van der Waals surface area (Å²) in [7, 11) is 0. The van der Waals surface area contributed by atoms with E-state index in [1.54, 1.807) is 6.07 Å². The Morgan fingerprint density at radius 2 is 1.14 bits per heavy atom. The molecule has 1 saturated carbocycles. The van der Waals surface area contributed by atoms with Crippen LogP contribution < -0.4 is 0 Å². The first kappa shape index (κ1) is 26.9. The van der Waals surface area contributed by atoms with Gasteiger partial charge in [0.05, 0.1) is 5.02 Å². The summed E-state index contributed by atoms with van der Waals surface area (Å²) >= 11 is 5.81. The maximum absolute atomic E-state index is 13.8. The average molecular weight is 505 g/mol. The number of benzene rings is 3. The third kappa shape index (κ3) is 8.20. The van der Waals surface area contributed by atoms with Crippen LogP contribution in [0.3, 0.4) is 0 Å². The SMILES string of the molecule is CCCCCCc1ccc(CC[C@H]2CC[C@H](CCc3ccc(-c4ccc(Cl)c(F)c4)cc3)CC2)cc1. The molecule has 0 atom stereocenters. The zero-order valence-electron chi connectivity index (χ0n) is 22.0. The van der Waals surface area contributed by atoms with E-state index in [2.05, 4.69) is 55.5 Å². The van der Waals surface area contributed by atoms with Gasteiger partial charge in [-0.2, -0.15) is 0 Å². The van der Waals surface area contributed by atoms with Gasteiger partial charge < -0.3 is 0 Å². The fourth-order valence-electron chi connectivity index (χ4n) is 5.72. The molecule has 1 fully saturated rings. The quantitative estimate of drug-likeness (QED) is 0.215. The Bertz CT molecular complexity index is 1050. The smallest absolute Gasteiger partial charge is 0.142 e. The van der Waals surface area contributed by atoms with Crippen LogP contribution >= 0.6 is 11.6 Å². The van der Waals surface area contributed by atoms with Gasteiger partial charge in [-0.15, -0.1) is 0 Å². The lowest BCUT2D eigenvalue weighted by atomic mass is 9.77. The molecule has 0 unspecified atom stereocenters. The lowest BCUT2D eigenvalue weighted by molar-refractivity contribution is 0.253. The fourth-order valence-corrected chi connectivity index (χ4v) is 5.84. The summed E-state index contributed by atoms with van der Waals surface area (Å²) in [6.45, 7) is 2.27. The molecule has 0 nitrogen and oxygen atoms in total. The molecule has 0 saturated heterocycles. The number of hydrogen-bond acceptors (Lipinski definition) is 0. The van der Waals surface area contributed by atoms with Crippen molar-refractivity contribution in [1.29, 1.82) is 0 Å². The molecular formula is C34H42ClF. The molecule has 192 valence electrons. The zero-order valence-corrected chi connectivity index (χ0v) is 22.7. The summed E-state index contributed by atoms with van der Waals surface area (Å²) in [5, 5.41) is 0.173. The Morgan fingerprint density at radius 1 is 0.639 bits per heavy atom. The van der Waals surface area contributed by atoms with Crippen LogP contribution in [0.5, 0.6) is 0 Å². The van der Waals surface area contributed by atoms with Gasteiger partial charge in [0.15, 0.2) is 0 Å². The van der Waals surface area contributed by atoms with Gasteiger partial charge >= 0.3 is 0 Å². The lowest BCUT2D eigenvalue weighted by Crippen LogP contribution is -2.15. The zero-order chi connectivity index (χ0) is 25.2. The van der Waals surface area contributed by atoms with Crippen LogP contribution in [-0.2, 0) is 19.3 Å². The lowest BCUT2D eigenvalue weighted by Gasteiger charge is -2.28. The molecule has 0 aliphatic heterocycles. The van der Waals surface area contributed by atoms with Crippen LogP contribution in [0.1, 0.15) is 87.8 Å². The van der Waals surface area contributed by atoms with Crippen LogP contribution in [-0.4, -0.2) is 0 Å². The molecule has 0 heterocycles. The minimum atomic E-state index is -0.361. The van der Waals surface area contributed by atoms with E-state index in [0.29, 0.717) is 0 Å². The molecular weight excluding hydrogens is 463 g/mol. The van der Waals surface area contributed by atoms with Crippen molar-refractivity contribution in [3.8, 4) is 11.1 Å². The first-order chi connectivity index (χ1) is 17.6. The van der Waals surface area contributed by atoms with Crippen LogP contribution in [0.25, 0.3) is 11.1 Å². The molecule has 4 rings (SSSR count). The normalized spacial score (nSPS) is 17.9. The van der Waals surface area contributed by atoms with Gasteiger partial charge in [-0.1, -0.05) is 118 Å². The van der Waals surface area contributed by atoms with E-state index in [0.717, 1.165) is 29.4 Å². The molecule has 0 spiro atoms. The van der Waals surface area contributed by atoms with Crippen LogP contribution in [0.15, 0.2) is 66.7 Å². The highest BCUT2D eigenvalue weighted by molar-refractivity contribution is 6.30. The van der Waals surface area contributed by atoms with E-state index < -0.39 is 0 Å². The number of aryl methyl sites for hydroxylation is 3. The summed E-state index contributed by atoms with van der Waals surface area (Å²) in [5.74, 6) is 1.40. The van der Waals surface area contributed by atoms with Crippen LogP contribution in [0, 0.1) is 17.7 Å².